The maximum atomic E-state index is 5.63. The van der Waals surface area contributed by atoms with Crippen LogP contribution in [0.4, 0.5) is 0 Å². The summed E-state index contributed by atoms with van der Waals surface area (Å²) >= 11 is 0. The molecule has 0 radical (unpaired) electrons. The van der Waals surface area contributed by atoms with E-state index in [-0.39, 0.29) is 0 Å². The van der Waals surface area contributed by atoms with Gasteiger partial charge in [-0.2, -0.15) is 0 Å². The lowest BCUT2D eigenvalue weighted by molar-refractivity contribution is 1.20. The topological polar surface area (TPSA) is 60.4 Å². The highest BCUT2D eigenvalue weighted by atomic mass is 15.0. The zero-order valence-corrected chi connectivity index (χ0v) is 49.7. The Kier molecular flexibility index (Phi) is 11.6. The van der Waals surface area contributed by atoms with E-state index in [1.54, 1.807) is 0 Å². The minimum Gasteiger partial charge on any atom is -0.298 e. The molecule has 0 fully saturated rings. The van der Waals surface area contributed by atoms with Crippen molar-refractivity contribution >= 4 is 86.7 Å². The van der Waals surface area contributed by atoms with E-state index < -0.39 is 0 Å². The van der Waals surface area contributed by atoms with Gasteiger partial charge in [0.1, 0.15) is 22.7 Å². The monoisotopic (exact) mass is 1170 g/mol. The summed E-state index contributed by atoms with van der Waals surface area (Å²) in [6.45, 7) is 0. The molecule has 426 valence electrons. The quantitative estimate of drug-likeness (QED) is 0.135. The summed E-state index contributed by atoms with van der Waals surface area (Å²) in [5.41, 5.74) is 20.1. The van der Waals surface area contributed by atoms with Crippen LogP contribution >= 0.6 is 0 Å². The second kappa shape index (κ2) is 20.6. The van der Waals surface area contributed by atoms with Gasteiger partial charge in [-0.1, -0.05) is 255 Å². The van der Waals surface area contributed by atoms with Crippen LogP contribution in [0.3, 0.4) is 0 Å². The average molecular weight is 1170 g/mol. The van der Waals surface area contributed by atoms with Gasteiger partial charge in [0.05, 0.1) is 28.5 Å². The van der Waals surface area contributed by atoms with Crippen molar-refractivity contribution in [1.29, 1.82) is 0 Å². The van der Waals surface area contributed by atoms with Gasteiger partial charge in [0.2, 0.25) is 0 Å². The molecule has 0 saturated carbocycles. The molecule has 6 nitrogen and oxygen atoms in total. The molecule has 0 amide bonds. The number of rotatable bonds is 9. The van der Waals surface area contributed by atoms with Gasteiger partial charge >= 0.3 is 0 Å². The van der Waals surface area contributed by atoms with Crippen molar-refractivity contribution in [3.63, 3.8) is 0 Å². The molecular formula is C86H52N6. The molecule has 6 heterocycles. The number of benzene rings is 13. The molecule has 0 unspecified atom stereocenters. The van der Waals surface area contributed by atoms with Gasteiger partial charge in [-0.05, 0) is 152 Å². The molecule has 92 heavy (non-hydrogen) atoms. The minimum absolute atomic E-state index is 0.772. The molecule has 0 atom stereocenters. The Labute approximate surface area is 529 Å². The van der Waals surface area contributed by atoms with Crippen molar-refractivity contribution in [3.8, 4) is 101 Å². The summed E-state index contributed by atoms with van der Waals surface area (Å²) < 4.78 is 4.49. The van der Waals surface area contributed by atoms with Crippen LogP contribution < -0.4 is 0 Å². The Morgan fingerprint density at radius 1 is 0.239 bits per heavy atom. The lowest BCUT2D eigenvalue weighted by Gasteiger charge is -2.15. The van der Waals surface area contributed by atoms with Gasteiger partial charge in [0, 0.05) is 46.1 Å². The van der Waals surface area contributed by atoms with Gasteiger partial charge in [0.25, 0.3) is 0 Å². The van der Waals surface area contributed by atoms with E-state index in [2.05, 4.69) is 300 Å². The molecule has 0 saturated heterocycles. The van der Waals surface area contributed by atoms with Crippen LogP contribution in [0, 0.1) is 0 Å². The van der Waals surface area contributed by atoms with E-state index in [0.29, 0.717) is 0 Å². The fourth-order valence-electron chi connectivity index (χ4n) is 14.6. The summed E-state index contributed by atoms with van der Waals surface area (Å²) in [6.07, 6.45) is 6.21. The summed E-state index contributed by atoms with van der Waals surface area (Å²) in [6, 6.07) is 107. The number of imidazole rings is 2. The van der Waals surface area contributed by atoms with Crippen LogP contribution in [0.1, 0.15) is 0 Å². The normalized spacial score (nSPS) is 11.9. The summed E-state index contributed by atoms with van der Waals surface area (Å²) in [5, 5.41) is 17.0. The Morgan fingerprint density at radius 2 is 0.750 bits per heavy atom. The largest absolute Gasteiger partial charge is 0.298 e. The van der Waals surface area contributed by atoms with Gasteiger partial charge in [-0.25, -0.2) is 15.0 Å². The van der Waals surface area contributed by atoms with Crippen molar-refractivity contribution in [2.45, 2.75) is 0 Å². The van der Waals surface area contributed by atoms with Crippen LogP contribution in [0.15, 0.2) is 316 Å². The SMILES string of the molecule is c1ccc(-c2nc3c4ccccc4c(-c4cccc(-c5nc6c7ccccc7ccn6c5-c5ccc(-c6cccc(-c7ccc8ccc9cccc%10ccc7c8c9%10)c6)cc5)n4)cn3c2-c2ccc(-c3ccc(-c4cc5ccccc5c5ccccc45)cc3)cc2)nc1. The molecule has 19 rings (SSSR count). The maximum Gasteiger partial charge on any atom is 0.146 e. The zero-order chi connectivity index (χ0) is 60.4. The van der Waals surface area contributed by atoms with Gasteiger partial charge in [-0.3, -0.25) is 13.8 Å². The average Bonchev–Trinajstić information content (AvgIpc) is 1.47. The second-order valence-corrected chi connectivity index (χ2v) is 24.1. The Balaban J connectivity index is 0.707. The van der Waals surface area contributed by atoms with Gasteiger partial charge in [0.15, 0.2) is 0 Å². The number of fused-ring (bicyclic) bond motifs is 9. The highest BCUT2D eigenvalue weighted by molar-refractivity contribution is 6.25. The van der Waals surface area contributed by atoms with E-state index in [0.717, 1.165) is 112 Å². The fourth-order valence-corrected chi connectivity index (χ4v) is 14.6. The maximum absolute atomic E-state index is 5.63. The van der Waals surface area contributed by atoms with Crippen LogP contribution in [-0.2, 0) is 0 Å². The van der Waals surface area contributed by atoms with Gasteiger partial charge < -0.3 is 0 Å². The van der Waals surface area contributed by atoms with Crippen molar-refractivity contribution in [2.24, 2.45) is 0 Å². The summed E-state index contributed by atoms with van der Waals surface area (Å²) in [7, 11) is 0. The Hall–Kier alpha value is -12.4. The van der Waals surface area contributed by atoms with Crippen molar-refractivity contribution in [3.05, 3.63) is 316 Å². The molecule has 19 aromatic rings. The number of pyridine rings is 4. The lowest BCUT2D eigenvalue weighted by atomic mass is 9.89. The third-order valence-electron chi connectivity index (χ3n) is 19.0. The van der Waals surface area contributed by atoms with Gasteiger partial charge in [-0.15, -0.1) is 0 Å². The van der Waals surface area contributed by atoms with Crippen LogP contribution in [0.25, 0.3) is 188 Å². The first-order valence-corrected chi connectivity index (χ1v) is 31.3. The van der Waals surface area contributed by atoms with E-state index in [1.165, 1.54) is 76.1 Å². The van der Waals surface area contributed by atoms with Crippen molar-refractivity contribution in [2.75, 3.05) is 0 Å². The number of hydrogen-bond acceptors (Lipinski definition) is 4. The number of aromatic nitrogens is 6. The standard InChI is InChI=1S/C86H52N6/c1-4-21-68-56(14-1)47-49-91-83(61-41-33-55(34-42-61)63-18-12-19-64(50-63)67-45-43-60-38-37-58-16-11-17-59-44-46-72(67)80(60)79(58)59)82(90-85(68)91)78-28-13-27-76(88-78)75-52-92-84(81(77-26-9-10-48-87-77)89-86(92)73-25-8-7-24-71(73)75)62-39-31-54(32-40-62)53-29-35-57(36-30-53)74-51-65-15-2-3-20-66(65)69-22-5-6-23-70(69)74/h1-52H. The molecule has 0 aliphatic rings. The molecule has 13 aromatic carbocycles. The molecule has 6 aromatic heterocycles. The Morgan fingerprint density at radius 3 is 1.49 bits per heavy atom. The molecular weight excluding hydrogens is 1120 g/mol. The van der Waals surface area contributed by atoms with Crippen LogP contribution in [0.2, 0.25) is 0 Å². The second-order valence-electron chi connectivity index (χ2n) is 24.1. The highest BCUT2D eigenvalue weighted by Crippen LogP contribution is 2.44. The summed E-state index contributed by atoms with van der Waals surface area (Å²) in [5.74, 6) is 0. The number of nitrogens with zero attached hydrogens (tertiary/aromatic N) is 6. The summed E-state index contributed by atoms with van der Waals surface area (Å²) in [4.78, 5) is 21.6. The molecule has 6 heteroatoms. The first kappa shape index (κ1) is 51.6. The van der Waals surface area contributed by atoms with E-state index in [9.17, 15) is 0 Å². The lowest BCUT2D eigenvalue weighted by Crippen LogP contribution is -1.96. The van der Waals surface area contributed by atoms with E-state index >= 15 is 0 Å². The first-order chi connectivity index (χ1) is 45.6. The van der Waals surface area contributed by atoms with Crippen molar-refractivity contribution in [1.82, 2.24) is 28.7 Å². The molecule has 0 aliphatic carbocycles. The highest BCUT2D eigenvalue weighted by Gasteiger charge is 2.24. The molecule has 0 aliphatic heterocycles. The molecule has 0 N–H and O–H groups in total. The minimum atomic E-state index is 0.772. The van der Waals surface area contributed by atoms with Crippen LogP contribution in [0.5, 0.6) is 0 Å². The smallest absolute Gasteiger partial charge is 0.146 e. The predicted molar refractivity (Wildman–Crippen MR) is 382 cm³/mol. The zero-order valence-electron chi connectivity index (χ0n) is 49.7. The van der Waals surface area contributed by atoms with E-state index in [1.807, 2.05) is 24.4 Å². The third kappa shape index (κ3) is 8.21. The fraction of sp³-hybridized carbons (Fsp3) is 0. The third-order valence-corrected chi connectivity index (χ3v) is 19.0. The van der Waals surface area contributed by atoms with Crippen molar-refractivity contribution < 1.29 is 0 Å². The molecule has 0 spiro atoms. The number of hydrogen-bond donors (Lipinski definition) is 0. The Bertz CT molecular complexity index is 6150. The first-order valence-electron chi connectivity index (χ1n) is 31.3. The van der Waals surface area contributed by atoms with Crippen LogP contribution in [-0.4, -0.2) is 28.7 Å². The predicted octanol–water partition coefficient (Wildman–Crippen LogP) is 22.3. The van der Waals surface area contributed by atoms with E-state index in [4.69, 9.17) is 19.9 Å². The molecule has 0 bridgehead atoms.